The molecule has 0 fully saturated rings. The predicted octanol–water partition coefficient (Wildman–Crippen LogP) is 0.767. The zero-order chi connectivity index (χ0) is 17.4. The summed E-state index contributed by atoms with van der Waals surface area (Å²) in [4.78, 5) is 43.5. The highest BCUT2D eigenvalue weighted by molar-refractivity contribution is 8.00. The van der Waals surface area contributed by atoms with Gasteiger partial charge >= 0.3 is 5.97 Å². The van der Waals surface area contributed by atoms with Crippen molar-refractivity contribution in [2.75, 3.05) is 12.3 Å². The second kappa shape index (κ2) is 8.73. The number of carbonyl (C=O) groups is 3. The average molecular weight is 341 g/mol. The van der Waals surface area contributed by atoms with Crippen LogP contribution >= 0.6 is 11.8 Å². The van der Waals surface area contributed by atoms with Crippen molar-refractivity contribution in [3.63, 3.8) is 0 Å². The van der Waals surface area contributed by atoms with E-state index in [2.05, 4.69) is 5.32 Å². The molecule has 0 saturated heterocycles. The van der Waals surface area contributed by atoms with Gasteiger partial charge in [-0.05, 0) is 18.6 Å². The maximum atomic E-state index is 11.6. The second-order valence-corrected chi connectivity index (χ2v) is 5.46. The molecule has 2 amide bonds. The number of nitrogens with zero attached hydrogens (tertiary/aromatic N) is 1. The fourth-order valence-corrected chi connectivity index (χ4v) is 2.43. The Morgan fingerprint density at radius 2 is 2.04 bits per heavy atom. The van der Waals surface area contributed by atoms with E-state index < -0.39 is 16.8 Å². The van der Waals surface area contributed by atoms with Gasteiger partial charge in [-0.2, -0.15) is 0 Å². The minimum absolute atomic E-state index is 0.0131. The number of thioether (sulfide) groups is 1. The summed E-state index contributed by atoms with van der Waals surface area (Å²) in [7, 11) is 0. The Morgan fingerprint density at radius 1 is 1.35 bits per heavy atom. The Bertz CT molecular complexity index is 634. The van der Waals surface area contributed by atoms with Crippen molar-refractivity contribution in [3.8, 4) is 0 Å². The molecule has 1 aromatic carbocycles. The summed E-state index contributed by atoms with van der Waals surface area (Å²) in [5.74, 6) is -2.16. The fourth-order valence-electron chi connectivity index (χ4n) is 1.60. The lowest BCUT2D eigenvalue weighted by Crippen LogP contribution is -2.26. The van der Waals surface area contributed by atoms with Crippen LogP contribution in [0.4, 0.5) is 5.69 Å². The second-order valence-electron chi connectivity index (χ2n) is 4.44. The summed E-state index contributed by atoms with van der Waals surface area (Å²) >= 11 is 0.946. The summed E-state index contributed by atoms with van der Waals surface area (Å²) in [6, 6.07) is 3.78. The topological polar surface area (TPSA) is 153 Å². The molecule has 0 aliphatic rings. The predicted molar refractivity (Wildman–Crippen MR) is 82.2 cm³/mol. The van der Waals surface area contributed by atoms with E-state index in [0.717, 1.165) is 17.8 Å². The minimum atomic E-state index is -0.946. The highest BCUT2D eigenvalue weighted by Crippen LogP contribution is 2.29. The van der Waals surface area contributed by atoms with Crippen LogP contribution in [-0.2, 0) is 9.59 Å². The highest BCUT2D eigenvalue weighted by atomic mass is 32.2. The van der Waals surface area contributed by atoms with E-state index in [1.165, 1.54) is 12.1 Å². The zero-order valence-electron chi connectivity index (χ0n) is 12.0. The van der Waals surface area contributed by atoms with Gasteiger partial charge in [0, 0.05) is 24.6 Å². The molecule has 1 aromatic rings. The van der Waals surface area contributed by atoms with E-state index in [0.29, 0.717) is 6.42 Å². The molecule has 0 saturated carbocycles. The Labute approximate surface area is 135 Å². The minimum Gasteiger partial charge on any atom is -0.481 e. The summed E-state index contributed by atoms with van der Waals surface area (Å²) in [5, 5.41) is 22.0. The molecule has 0 aliphatic carbocycles. The van der Waals surface area contributed by atoms with Crippen LogP contribution in [0.15, 0.2) is 23.1 Å². The first-order valence-corrected chi connectivity index (χ1v) is 7.49. The standard InChI is InChI=1S/C13H15N3O6S/c14-13(20)8-3-4-10(9(6-8)16(21)22)23-7-11(17)15-5-1-2-12(18)19/h3-4,6H,1-2,5,7H2,(H2,14,20)(H,15,17)(H,18,19). The van der Waals surface area contributed by atoms with Crippen molar-refractivity contribution in [3.05, 3.63) is 33.9 Å². The zero-order valence-corrected chi connectivity index (χ0v) is 12.8. The summed E-state index contributed by atoms with van der Waals surface area (Å²) in [6.45, 7) is 0.217. The van der Waals surface area contributed by atoms with Gasteiger partial charge in [-0.15, -0.1) is 11.8 Å². The normalized spacial score (nSPS) is 10.1. The number of carboxylic acids is 1. The number of hydrogen-bond donors (Lipinski definition) is 3. The van der Waals surface area contributed by atoms with E-state index in [4.69, 9.17) is 10.8 Å². The van der Waals surface area contributed by atoms with Crippen molar-refractivity contribution in [2.45, 2.75) is 17.7 Å². The molecule has 4 N–H and O–H groups in total. The van der Waals surface area contributed by atoms with E-state index >= 15 is 0 Å². The van der Waals surface area contributed by atoms with Gasteiger partial charge in [0.25, 0.3) is 5.69 Å². The Kier molecular flexibility index (Phi) is 7.00. The Morgan fingerprint density at radius 3 is 2.61 bits per heavy atom. The first-order valence-electron chi connectivity index (χ1n) is 6.50. The van der Waals surface area contributed by atoms with Crippen LogP contribution in [0.2, 0.25) is 0 Å². The van der Waals surface area contributed by atoms with Crippen LogP contribution in [0.25, 0.3) is 0 Å². The maximum absolute atomic E-state index is 11.6. The number of nitro groups is 1. The van der Waals surface area contributed by atoms with Crippen molar-refractivity contribution < 1.29 is 24.4 Å². The third-order valence-corrected chi connectivity index (χ3v) is 3.75. The van der Waals surface area contributed by atoms with Gasteiger partial charge in [0.2, 0.25) is 11.8 Å². The summed E-state index contributed by atoms with van der Waals surface area (Å²) in [6.07, 6.45) is 0.257. The van der Waals surface area contributed by atoms with Crippen molar-refractivity contribution in [1.82, 2.24) is 5.32 Å². The smallest absolute Gasteiger partial charge is 0.303 e. The lowest BCUT2D eigenvalue weighted by atomic mass is 10.2. The molecule has 0 heterocycles. The molecule has 23 heavy (non-hydrogen) atoms. The van der Waals surface area contributed by atoms with Gasteiger partial charge in [0.1, 0.15) is 0 Å². The van der Waals surface area contributed by atoms with Crippen LogP contribution in [0.5, 0.6) is 0 Å². The molecule has 0 aliphatic heterocycles. The number of nitrogens with one attached hydrogen (secondary N) is 1. The average Bonchev–Trinajstić information content (AvgIpc) is 2.48. The van der Waals surface area contributed by atoms with Gasteiger partial charge in [-0.1, -0.05) is 0 Å². The first kappa shape index (κ1) is 18.4. The van der Waals surface area contributed by atoms with E-state index in [-0.39, 0.29) is 40.8 Å². The van der Waals surface area contributed by atoms with Gasteiger partial charge in [-0.25, -0.2) is 0 Å². The van der Waals surface area contributed by atoms with Crippen molar-refractivity contribution in [1.29, 1.82) is 0 Å². The van der Waals surface area contributed by atoms with Gasteiger partial charge < -0.3 is 16.2 Å². The van der Waals surface area contributed by atoms with Crippen LogP contribution in [0.3, 0.4) is 0 Å². The molecule has 0 radical (unpaired) electrons. The third kappa shape index (κ3) is 6.34. The Balaban J connectivity index is 2.60. The number of carboxylic acid groups (broad SMARTS) is 1. The fraction of sp³-hybridized carbons (Fsp3) is 0.308. The third-order valence-electron chi connectivity index (χ3n) is 2.69. The van der Waals surface area contributed by atoms with Crippen LogP contribution in [-0.4, -0.2) is 40.1 Å². The Hall–Kier alpha value is -2.62. The monoisotopic (exact) mass is 341 g/mol. The van der Waals surface area contributed by atoms with Gasteiger partial charge in [0.05, 0.1) is 15.6 Å². The quantitative estimate of drug-likeness (QED) is 0.259. The van der Waals surface area contributed by atoms with E-state index in [9.17, 15) is 24.5 Å². The lowest BCUT2D eigenvalue weighted by molar-refractivity contribution is -0.387. The van der Waals surface area contributed by atoms with Crippen LogP contribution in [0.1, 0.15) is 23.2 Å². The number of carbonyl (C=O) groups excluding carboxylic acids is 2. The molecule has 124 valence electrons. The molecule has 0 unspecified atom stereocenters. The van der Waals surface area contributed by atoms with E-state index in [1.807, 2.05) is 0 Å². The number of amides is 2. The van der Waals surface area contributed by atoms with Crippen LogP contribution in [0, 0.1) is 10.1 Å². The number of benzene rings is 1. The number of nitrogens with two attached hydrogens (primary N) is 1. The largest absolute Gasteiger partial charge is 0.481 e. The molecule has 9 nitrogen and oxygen atoms in total. The SMILES string of the molecule is NC(=O)c1ccc(SCC(=O)NCCCC(=O)O)c([N+](=O)[O-])c1. The van der Waals surface area contributed by atoms with Gasteiger partial charge in [0.15, 0.2) is 0 Å². The molecule has 10 heteroatoms. The van der Waals surface area contributed by atoms with E-state index in [1.54, 1.807) is 0 Å². The highest BCUT2D eigenvalue weighted by Gasteiger charge is 2.17. The van der Waals surface area contributed by atoms with Crippen molar-refractivity contribution in [2.24, 2.45) is 5.73 Å². The number of rotatable bonds is 9. The lowest BCUT2D eigenvalue weighted by Gasteiger charge is -2.06. The number of hydrogen-bond acceptors (Lipinski definition) is 6. The number of nitro benzene ring substituents is 1. The molecular weight excluding hydrogens is 326 g/mol. The molecule has 1 rings (SSSR count). The van der Waals surface area contributed by atoms with Crippen LogP contribution < -0.4 is 11.1 Å². The molecular formula is C13H15N3O6S. The van der Waals surface area contributed by atoms with Crippen molar-refractivity contribution >= 4 is 35.2 Å². The number of aliphatic carboxylic acids is 1. The summed E-state index contributed by atoms with van der Waals surface area (Å²) < 4.78 is 0. The molecule has 0 aromatic heterocycles. The summed E-state index contributed by atoms with van der Waals surface area (Å²) in [5.41, 5.74) is 4.78. The molecule has 0 atom stereocenters. The molecule has 0 bridgehead atoms. The van der Waals surface area contributed by atoms with Gasteiger partial charge in [-0.3, -0.25) is 24.5 Å². The molecule has 0 spiro atoms. The number of primary amides is 1. The first-order chi connectivity index (χ1) is 10.8. The maximum Gasteiger partial charge on any atom is 0.303 e.